The maximum Gasteiger partial charge on any atom is 0.304 e. The second kappa shape index (κ2) is 15.3. The number of hydrogen-bond acceptors (Lipinski definition) is 3. The first-order valence-electron chi connectivity index (χ1n) is 14.7. The molecule has 4 rings (SSSR count). The minimum Gasteiger partial charge on any atom is -0.481 e. The van der Waals surface area contributed by atoms with E-state index in [2.05, 4.69) is 150 Å². The first-order valence-corrected chi connectivity index (χ1v) is 19.0. The Balaban J connectivity index is 1.55. The van der Waals surface area contributed by atoms with Gasteiger partial charge in [-0.2, -0.15) is 4.58 Å². The van der Waals surface area contributed by atoms with Crippen molar-refractivity contribution in [2.24, 2.45) is 0 Å². The maximum atomic E-state index is 11.9. The zero-order valence-corrected chi connectivity index (χ0v) is 34.3. The summed E-state index contributed by atoms with van der Waals surface area (Å²) in [7, 11) is 4.14. The molecule has 0 amide bonds. The summed E-state index contributed by atoms with van der Waals surface area (Å²) < 4.78 is 6.78. The van der Waals surface area contributed by atoms with Gasteiger partial charge in [0.25, 0.3) is 0 Å². The normalized spacial score (nSPS) is 22.0. The fourth-order valence-electron chi connectivity index (χ4n) is 6.74. The molecule has 0 aromatic heterocycles. The Morgan fingerprint density at radius 3 is 2.11 bits per heavy atom. The van der Waals surface area contributed by atoms with Crippen LogP contribution in [0.5, 0.6) is 0 Å². The van der Waals surface area contributed by atoms with E-state index in [4.69, 9.17) is 5.11 Å². The number of carbonyl (C=O) groups is 2. The number of aliphatic carboxylic acids is 2. The van der Waals surface area contributed by atoms with Crippen LogP contribution in [0.4, 0.5) is 11.4 Å². The highest BCUT2D eigenvalue weighted by molar-refractivity contribution is 14.1. The van der Waals surface area contributed by atoms with Gasteiger partial charge >= 0.3 is 11.9 Å². The molecule has 2 unspecified atom stereocenters. The van der Waals surface area contributed by atoms with E-state index in [0.717, 1.165) is 43.4 Å². The number of fused-ring (bicyclic) bond motifs is 2. The topological polar surface area (TPSA) is 80.8 Å². The van der Waals surface area contributed by atoms with Gasteiger partial charge in [-0.3, -0.25) is 9.59 Å². The van der Waals surface area contributed by atoms with Crippen LogP contribution in [-0.4, -0.2) is 46.5 Å². The minimum atomic E-state index is -0.818. The lowest BCUT2D eigenvalue weighted by molar-refractivity contribution is -0.401. The number of benzene rings is 2. The number of allylic oxidation sites excluding steroid dienone is 8. The largest absolute Gasteiger partial charge is 0.481 e. The minimum absolute atomic E-state index is 0.0179. The lowest BCUT2D eigenvalue weighted by Gasteiger charge is -2.29. The van der Waals surface area contributed by atoms with Gasteiger partial charge in [0.15, 0.2) is 5.71 Å². The van der Waals surface area contributed by atoms with Crippen LogP contribution in [0, 0.1) is 14.3 Å². The lowest BCUT2D eigenvalue weighted by Crippen LogP contribution is -2.33. The molecule has 6 nitrogen and oxygen atoms in total. The molecule has 10 heteroatoms. The van der Waals surface area contributed by atoms with Crippen LogP contribution >= 0.6 is 90.4 Å². The van der Waals surface area contributed by atoms with Crippen molar-refractivity contribution < 1.29 is 24.4 Å². The maximum absolute atomic E-state index is 11.9. The molecule has 238 valence electrons. The number of hydrogen-bond donors (Lipinski definition) is 2. The molecule has 0 fully saturated rings. The zero-order valence-electron chi connectivity index (χ0n) is 25.7. The SMILES string of the molecule is CN1C(=CC=CC=CC=CC2=[N+](C)c3cc(I)cc(I)c3C2(C)CC(=O)O)C(C)(CCCCCC(=O)O)c2c(I)cc(I)cc21. The second-order valence-electron chi connectivity index (χ2n) is 11.9. The summed E-state index contributed by atoms with van der Waals surface area (Å²) in [5, 5.41) is 18.8. The zero-order chi connectivity index (χ0) is 33.1. The first kappa shape index (κ1) is 36.6. The van der Waals surface area contributed by atoms with Gasteiger partial charge in [0.1, 0.15) is 7.05 Å². The Morgan fingerprint density at radius 2 is 1.44 bits per heavy atom. The van der Waals surface area contributed by atoms with Gasteiger partial charge in [0.2, 0.25) is 5.69 Å². The van der Waals surface area contributed by atoms with Gasteiger partial charge in [0.05, 0.1) is 17.4 Å². The van der Waals surface area contributed by atoms with Crippen LogP contribution in [0.25, 0.3) is 0 Å². The molecule has 2 aromatic carbocycles. The Morgan fingerprint density at radius 1 is 0.822 bits per heavy atom. The van der Waals surface area contributed by atoms with Crippen LogP contribution in [0.2, 0.25) is 0 Å². The molecule has 0 saturated carbocycles. The molecule has 0 aliphatic carbocycles. The summed E-state index contributed by atoms with van der Waals surface area (Å²) in [6.07, 6.45) is 18.0. The Kier molecular flexibility index (Phi) is 12.4. The van der Waals surface area contributed by atoms with Crippen LogP contribution < -0.4 is 4.90 Å². The van der Waals surface area contributed by atoms with Crippen LogP contribution in [0.3, 0.4) is 0 Å². The summed E-state index contributed by atoms with van der Waals surface area (Å²) in [5.41, 5.74) is 6.08. The number of halogens is 4. The van der Waals surface area contributed by atoms with Gasteiger partial charge in [-0.1, -0.05) is 43.2 Å². The highest BCUT2D eigenvalue weighted by atomic mass is 127. The Bertz CT molecular complexity index is 1680. The number of carboxylic acid groups (broad SMARTS) is 2. The number of anilines is 1. The van der Waals surface area contributed by atoms with Gasteiger partial charge in [-0.15, -0.1) is 0 Å². The third-order valence-electron chi connectivity index (χ3n) is 8.77. The molecule has 0 bridgehead atoms. The van der Waals surface area contributed by atoms with E-state index in [0.29, 0.717) is 6.42 Å². The van der Waals surface area contributed by atoms with Crippen LogP contribution in [0.15, 0.2) is 72.5 Å². The smallest absolute Gasteiger partial charge is 0.304 e. The number of rotatable bonds is 12. The highest BCUT2D eigenvalue weighted by Crippen LogP contribution is 2.52. The quantitative estimate of drug-likeness (QED) is 0.0959. The highest BCUT2D eigenvalue weighted by Gasteiger charge is 2.49. The lowest BCUT2D eigenvalue weighted by atomic mass is 9.76. The molecule has 0 spiro atoms. The summed E-state index contributed by atoms with van der Waals surface area (Å²) in [6, 6.07) is 8.69. The molecule has 2 atom stereocenters. The Hall–Kier alpha value is -1.27. The van der Waals surface area contributed by atoms with Crippen molar-refractivity contribution >= 4 is 119 Å². The third-order valence-corrected chi connectivity index (χ3v) is 11.7. The van der Waals surface area contributed by atoms with Crippen LogP contribution in [0.1, 0.15) is 63.5 Å². The fourth-order valence-corrected chi connectivity index (χ4v) is 11.6. The van der Waals surface area contributed by atoms with E-state index in [1.165, 1.54) is 24.1 Å². The average Bonchev–Trinajstić information content (AvgIpc) is 3.26. The van der Waals surface area contributed by atoms with Crippen LogP contribution in [-0.2, 0) is 20.4 Å². The number of carboxylic acids is 2. The standard InChI is InChI=1S/C35H36I4N2O4/c1-34(16-12-8-11-15-30(42)43)28(40(3)26-19-22(36)17-24(38)32(26)34)13-9-6-5-7-10-14-29-35(2,21-31(44)45)33-25(39)18-23(37)20-27(33)41(29)4/h5-7,9-10,13-14,17-20H,8,11-12,15-16,21H2,1-4H3,(H-,42,43,44,45)/p+1. The molecule has 2 aromatic rings. The summed E-state index contributed by atoms with van der Waals surface area (Å²) in [4.78, 5) is 25.2. The molecule has 2 aliphatic heterocycles. The molecule has 2 heterocycles. The number of unbranched alkanes of at least 4 members (excludes halogenated alkanes) is 2. The third kappa shape index (κ3) is 7.90. The molecular weight excluding hydrogens is 1020 g/mol. The van der Waals surface area contributed by atoms with Crippen molar-refractivity contribution in [2.75, 3.05) is 19.0 Å². The average molecular weight is 1060 g/mol. The van der Waals surface area contributed by atoms with Crippen molar-refractivity contribution in [1.29, 1.82) is 0 Å². The number of likely N-dealkylation sites (N-methyl/N-ethyl adjacent to an activating group) is 1. The predicted octanol–water partition coefficient (Wildman–Crippen LogP) is 9.56. The molecule has 45 heavy (non-hydrogen) atoms. The fraction of sp³-hybridized carbons (Fsp3) is 0.343. The van der Waals surface area contributed by atoms with E-state index >= 15 is 0 Å². The summed E-state index contributed by atoms with van der Waals surface area (Å²) >= 11 is 9.46. The molecule has 2 N–H and O–H groups in total. The van der Waals surface area contributed by atoms with E-state index in [1.807, 2.05) is 44.4 Å². The van der Waals surface area contributed by atoms with Crippen molar-refractivity contribution in [1.82, 2.24) is 0 Å². The van der Waals surface area contributed by atoms with Crippen molar-refractivity contribution in [3.05, 3.63) is 97.9 Å². The van der Waals surface area contributed by atoms with Crippen molar-refractivity contribution in [3.63, 3.8) is 0 Å². The van der Waals surface area contributed by atoms with Gasteiger partial charge in [-0.25, -0.2) is 0 Å². The predicted molar refractivity (Wildman–Crippen MR) is 216 cm³/mol. The molecular formula is C35H37I4N2O4+. The van der Waals surface area contributed by atoms with Gasteiger partial charge in [-0.05, 0) is 141 Å². The summed E-state index contributed by atoms with van der Waals surface area (Å²) in [6.45, 7) is 4.33. The van der Waals surface area contributed by atoms with Crippen molar-refractivity contribution in [3.8, 4) is 0 Å². The van der Waals surface area contributed by atoms with E-state index in [9.17, 15) is 14.7 Å². The molecule has 0 saturated heterocycles. The Labute approximate surface area is 320 Å². The number of nitrogens with zero attached hydrogens (tertiary/aromatic N) is 2. The van der Waals surface area contributed by atoms with Gasteiger partial charge in [0, 0.05) is 62.3 Å². The monoisotopic (exact) mass is 1060 g/mol. The van der Waals surface area contributed by atoms with E-state index < -0.39 is 17.4 Å². The van der Waals surface area contributed by atoms with Crippen molar-refractivity contribution in [2.45, 2.75) is 63.2 Å². The van der Waals surface area contributed by atoms with E-state index in [-0.39, 0.29) is 18.3 Å². The summed E-state index contributed by atoms with van der Waals surface area (Å²) in [5.74, 6) is -1.55. The first-order chi connectivity index (χ1) is 21.2. The molecule has 0 radical (unpaired) electrons. The second-order valence-corrected chi connectivity index (χ2v) is 16.8. The van der Waals surface area contributed by atoms with E-state index in [1.54, 1.807) is 0 Å². The molecule has 2 aliphatic rings. The van der Waals surface area contributed by atoms with Gasteiger partial charge < -0.3 is 15.1 Å².